The molecular weight excluding hydrogens is 645 g/mol. The Labute approximate surface area is 308 Å². The Kier molecular flexibility index (Phi) is 7.58. The molecule has 0 bridgehead atoms. The zero-order valence-electron chi connectivity index (χ0n) is 29.0. The number of aromatic nitrogens is 4. The first-order valence-corrected chi connectivity index (χ1v) is 18.2. The van der Waals surface area contributed by atoms with Crippen molar-refractivity contribution in [2.45, 2.75) is 12.8 Å². The van der Waals surface area contributed by atoms with Crippen LogP contribution in [0.5, 0.6) is 0 Å². The molecule has 0 fully saturated rings. The van der Waals surface area contributed by atoms with Crippen LogP contribution in [0.2, 0.25) is 0 Å². The Morgan fingerprint density at radius 1 is 0.453 bits per heavy atom. The van der Waals surface area contributed by atoms with E-state index in [1.54, 1.807) is 0 Å². The molecule has 4 heteroatoms. The van der Waals surface area contributed by atoms with Gasteiger partial charge in [-0.2, -0.15) is 0 Å². The van der Waals surface area contributed by atoms with Crippen LogP contribution in [-0.2, 0) is 0 Å². The molecule has 0 radical (unpaired) electrons. The lowest BCUT2D eigenvalue weighted by Gasteiger charge is -2.12. The lowest BCUT2D eigenvalue weighted by atomic mass is 9.95. The van der Waals surface area contributed by atoms with Crippen LogP contribution in [0.25, 0.3) is 88.9 Å². The van der Waals surface area contributed by atoms with Gasteiger partial charge in [0.15, 0.2) is 17.5 Å². The van der Waals surface area contributed by atoms with Crippen LogP contribution in [0.4, 0.5) is 0 Å². The van der Waals surface area contributed by atoms with E-state index in [4.69, 9.17) is 15.0 Å². The average molecular weight is 679 g/mol. The summed E-state index contributed by atoms with van der Waals surface area (Å²) in [6.45, 7) is 0. The maximum absolute atomic E-state index is 5.08. The zero-order chi connectivity index (χ0) is 35.1. The molecule has 250 valence electrons. The Hall–Kier alpha value is -6.91. The van der Waals surface area contributed by atoms with Crippen LogP contribution in [0, 0.1) is 0 Å². The summed E-state index contributed by atoms with van der Waals surface area (Å²) in [5.74, 6) is 2.09. The zero-order valence-corrected chi connectivity index (χ0v) is 29.0. The highest BCUT2D eigenvalue weighted by atomic mass is 15.0. The summed E-state index contributed by atoms with van der Waals surface area (Å²) in [5.41, 5.74) is 11.2. The minimum absolute atomic E-state index is 0.670. The number of para-hydroxylation sites is 1. The highest BCUT2D eigenvalue weighted by molar-refractivity contribution is 6.16. The van der Waals surface area contributed by atoms with Crippen molar-refractivity contribution in [3.8, 4) is 50.7 Å². The van der Waals surface area contributed by atoms with Crippen molar-refractivity contribution >= 4 is 38.2 Å². The van der Waals surface area contributed by atoms with Crippen molar-refractivity contribution in [1.29, 1.82) is 0 Å². The average Bonchev–Trinajstić information content (AvgIpc) is 3.58. The summed E-state index contributed by atoms with van der Waals surface area (Å²) >= 11 is 0. The van der Waals surface area contributed by atoms with Gasteiger partial charge >= 0.3 is 0 Å². The molecule has 10 rings (SSSR count). The molecule has 0 spiro atoms. The molecule has 0 unspecified atom stereocenters. The molecule has 2 heterocycles. The third kappa shape index (κ3) is 5.62. The molecule has 2 aromatic heterocycles. The fourth-order valence-corrected chi connectivity index (χ4v) is 7.69. The predicted molar refractivity (Wildman–Crippen MR) is 220 cm³/mol. The van der Waals surface area contributed by atoms with Gasteiger partial charge in [0, 0.05) is 27.6 Å². The molecule has 1 aliphatic rings. The number of fused-ring (bicyclic) bond motifs is 4. The molecular formula is C49H34N4. The van der Waals surface area contributed by atoms with Gasteiger partial charge in [-0.3, -0.25) is 0 Å². The Morgan fingerprint density at radius 2 is 1.13 bits per heavy atom. The van der Waals surface area contributed by atoms with Gasteiger partial charge in [-0.05, 0) is 93.9 Å². The maximum Gasteiger partial charge on any atom is 0.164 e. The van der Waals surface area contributed by atoms with E-state index >= 15 is 0 Å². The third-order valence-electron chi connectivity index (χ3n) is 10.3. The van der Waals surface area contributed by atoms with E-state index in [2.05, 4.69) is 168 Å². The number of allylic oxidation sites excluding steroid dienone is 4. The summed E-state index contributed by atoms with van der Waals surface area (Å²) < 4.78 is 2.39. The number of hydrogen-bond donors (Lipinski definition) is 0. The first-order chi connectivity index (χ1) is 26.3. The summed E-state index contributed by atoms with van der Waals surface area (Å²) in [5, 5.41) is 4.91. The van der Waals surface area contributed by atoms with E-state index in [-0.39, 0.29) is 0 Å². The van der Waals surface area contributed by atoms with Crippen LogP contribution < -0.4 is 0 Å². The second-order valence-corrected chi connectivity index (χ2v) is 13.6. The van der Waals surface area contributed by atoms with E-state index in [0.29, 0.717) is 11.6 Å². The van der Waals surface area contributed by atoms with E-state index in [1.165, 1.54) is 38.2 Å². The Balaban J connectivity index is 1.17. The van der Waals surface area contributed by atoms with Crippen LogP contribution in [0.3, 0.4) is 0 Å². The first-order valence-electron chi connectivity index (χ1n) is 18.2. The highest BCUT2D eigenvalue weighted by Crippen LogP contribution is 2.41. The van der Waals surface area contributed by atoms with Crippen LogP contribution in [0.15, 0.2) is 182 Å². The molecule has 9 aromatic rings. The Bertz CT molecular complexity index is 2880. The van der Waals surface area contributed by atoms with Crippen molar-refractivity contribution in [2.75, 3.05) is 0 Å². The summed E-state index contributed by atoms with van der Waals surface area (Å²) in [6, 6.07) is 58.4. The van der Waals surface area contributed by atoms with Gasteiger partial charge in [-0.1, -0.05) is 140 Å². The molecule has 0 N–H and O–H groups in total. The predicted octanol–water partition coefficient (Wildman–Crippen LogP) is 12.5. The smallest absolute Gasteiger partial charge is 0.164 e. The van der Waals surface area contributed by atoms with Gasteiger partial charge in [-0.15, -0.1) is 0 Å². The lowest BCUT2D eigenvalue weighted by molar-refractivity contribution is 0.978. The molecule has 53 heavy (non-hydrogen) atoms. The summed E-state index contributed by atoms with van der Waals surface area (Å²) in [6.07, 6.45) is 8.30. The van der Waals surface area contributed by atoms with Gasteiger partial charge in [0.2, 0.25) is 0 Å². The third-order valence-corrected chi connectivity index (χ3v) is 10.3. The molecule has 1 aliphatic carbocycles. The van der Waals surface area contributed by atoms with E-state index in [9.17, 15) is 0 Å². The molecule has 0 aliphatic heterocycles. The monoisotopic (exact) mass is 678 g/mol. The van der Waals surface area contributed by atoms with Crippen molar-refractivity contribution in [2.24, 2.45) is 0 Å². The van der Waals surface area contributed by atoms with E-state index < -0.39 is 0 Å². The van der Waals surface area contributed by atoms with Gasteiger partial charge in [-0.25, -0.2) is 15.0 Å². The standard InChI is InChI=1S/C49H34N4/c1-4-15-34(16-5-1)47-50-48(35-17-6-2-7-18-35)52-49(51-47)40-21-12-20-39(31-40)42-24-13-25-45-46(42)43-32-38(37-27-26-33-14-10-11-19-36(33)30-37)28-29-44(43)53(45)41-22-8-3-9-23-41/h1-6,8-17,19-32H,7,18H2. The molecule has 0 saturated heterocycles. The lowest BCUT2D eigenvalue weighted by Crippen LogP contribution is -2.03. The number of nitrogens with zero attached hydrogens (tertiary/aromatic N) is 4. The van der Waals surface area contributed by atoms with E-state index in [1.807, 2.05) is 18.2 Å². The number of rotatable bonds is 6. The van der Waals surface area contributed by atoms with Crippen molar-refractivity contribution in [1.82, 2.24) is 19.5 Å². The SMILES string of the molecule is C1=CCCC(c2nc(-c3ccccc3)nc(-c3cccc(-c4cccc5c4c4cc(-c6ccc7ccccc7c6)ccc4n5-c4ccccc4)c3)n2)=C1. The summed E-state index contributed by atoms with van der Waals surface area (Å²) in [7, 11) is 0. The normalized spacial score (nSPS) is 12.8. The van der Waals surface area contributed by atoms with Crippen molar-refractivity contribution < 1.29 is 0 Å². The Morgan fingerprint density at radius 3 is 1.96 bits per heavy atom. The van der Waals surface area contributed by atoms with Crippen molar-refractivity contribution in [3.63, 3.8) is 0 Å². The minimum atomic E-state index is 0.670. The molecule has 7 aromatic carbocycles. The second-order valence-electron chi connectivity index (χ2n) is 13.6. The molecule has 0 saturated carbocycles. The largest absolute Gasteiger partial charge is 0.309 e. The van der Waals surface area contributed by atoms with Gasteiger partial charge in [0.25, 0.3) is 0 Å². The van der Waals surface area contributed by atoms with Gasteiger partial charge in [0.05, 0.1) is 11.0 Å². The van der Waals surface area contributed by atoms with Crippen LogP contribution in [-0.4, -0.2) is 19.5 Å². The molecule has 0 amide bonds. The fourth-order valence-electron chi connectivity index (χ4n) is 7.69. The van der Waals surface area contributed by atoms with Gasteiger partial charge in [0.1, 0.15) is 0 Å². The molecule has 0 atom stereocenters. The quantitative estimate of drug-likeness (QED) is 0.176. The maximum atomic E-state index is 5.08. The molecule has 4 nitrogen and oxygen atoms in total. The topological polar surface area (TPSA) is 43.6 Å². The van der Waals surface area contributed by atoms with Gasteiger partial charge < -0.3 is 4.57 Å². The van der Waals surface area contributed by atoms with Crippen molar-refractivity contribution in [3.05, 3.63) is 188 Å². The fraction of sp³-hybridized carbons (Fsp3) is 0.0408. The first kappa shape index (κ1) is 30.9. The van der Waals surface area contributed by atoms with Crippen LogP contribution in [0.1, 0.15) is 18.7 Å². The second kappa shape index (κ2) is 13.0. The highest BCUT2D eigenvalue weighted by Gasteiger charge is 2.19. The van der Waals surface area contributed by atoms with Crippen LogP contribution >= 0.6 is 0 Å². The number of benzene rings is 7. The van der Waals surface area contributed by atoms with E-state index in [0.717, 1.165) is 57.7 Å². The summed E-state index contributed by atoms with van der Waals surface area (Å²) in [4.78, 5) is 15.1. The minimum Gasteiger partial charge on any atom is -0.309 e. The number of hydrogen-bond acceptors (Lipinski definition) is 3.